The van der Waals surface area contributed by atoms with Gasteiger partial charge < -0.3 is 5.73 Å². The molecule has 2 aromatic rings. The van der Waals surface area contributed by atoms with Crippen LogP contribution in [0.1, 0.15) is 30.7 Å². The van der Waals surface area contributed by atoms with E-state index in [1.165, 1.54) is 12.1 Å². The number of carbonyl (C=O) groups is 1. The summed E-state index contributed by atoms with van der Waals surface area (Å²) in [6, 6.07) is 11.0. The topological polar surface area (TPSA) is 43.1 Å². The maximum atomic E-state index is 13.8. The highest BCUT2D eigenvalue weighted by molar-refractivity contribution is 5.78. The van der Waals surface area contributed by atoms with Crippen LogP contribution in [0.4, 0.5) is 8.78 Å². The number of amides is 1. The molecule has 114 valence electrons. The van der Waals surface area contributed by atoms with E-state index in [0.29, 0.717) is 11.1 Å². The second-order valence-electron chi connectivity index (χ2n) is 5.79. The van der Waals surface area contributed by atoms with Gasteiger partial charge in [0.2, 0.25) is 5.91 Å². The van der Waals surface area contributed by atoms with Crippen LogP contribution in [0.2, 0.25) is 0 Å². The van der Waals surface area contributed by atoms with Crippen molar-refractivity contribution in [3.63, 3.8) is 0 Å². The van der Waals surface area contributed by atoms with Crippen LogP contribution in [-0.2, 0) is 4.79 Å². The maximum absolute atomic E-state index is 13.8. The van der Waals surface area contributed by atoms with Crippen molar-refractivity contribution >= 4 is 5.91 Å². The van der Waals surface area contributed by atoms with E-state index in [1.54, 1.807) is 0 Å². The van der Waals surface area contributed by atoms with Crippen LogP contribution in [0.3, 0.4) is 0 Å². The smallest absolute Gasteiger partial charge is 0.221 e. The van der Waals surface area contributed by atoms with Gasteiger partial charge in [-0.05, 0) is 42.0 Å². The number of primary amides is 1. The minimum atomic E-state index is -0.590. The van der Waals surface area contributed by atoms with Gasteiger partial charge in [-0.25, -0.2) is 8.78 Å². The molecule has 2 nitrogen and oxygen atoms in total. The van der Waals surface area contributed by atoms with E-state index in [-0.39, 0.29) is 17.7 Å². The summed E-state index contributed by atoms with van der Waals surface area (Å²) in [5.41, 5.74) is 7.56. The highest BCUT2D eigenvalue weighted by Crippen LogP contribution is 2.40. The van der Waals surface area contributed by atoms with E-state index >= 15 is 0 Å². The van der Waals surface area contributed by atoms with Gasteiger partial charge in [-0.3, -0.25) is 4.79 Å². The highest BCUT2D eigenvalue weighted by atomic mass is 19.1. The molecule has 2 N–H and O–H groups in total. The minimum absolute atomic E-state index is 0.117. The molecule has 1 amide bonds. The molecule has 1 fully saturated rings. The van der Waals surface area contributed by atoms with Gasteiger partial charge in [0.1, 0.15) is 11.6 Å². The molecule has 2 aromatic carbocycles. The Kier molecular flexibility index (Phi) is 3.92. The number of halogens is 2. The first kappa shape index (κ1) is 14.7. The zero-order chi connectivity index (χ0) is 15.7. The fourth-order valence-electron chi connectivity index (χ4n) is 3.33. The standard InChI is InChI=1S/C18H17F2NO/c19-13-8-9-15(17(20)10-13)12-6-4-11(5-7-12)14-2-1-3-16(14)18(21)22/h4-10,14,16H,1-3H2,(H2,21,22). The van der Waals surface area contributed by atoms with Crippen molar-refractivity contribution in [3.05, 3.63) is 59.7 Å². The number of nitrogens with two attached hydrogens (primary N) is 1. The summed E-state index contributed by atoms with van der Waals surface area (Å²) >= 11 is 0. The Morgan fingerprint density at radius 1 is 1.05 bits per heavy atom. The van der Waals surface area contributed by atoms with Crippen LogP contribution >= 0.6 is 0 Å². The Morgan fingerprint density at radius 3 is 2.41 bits per heavy atom. The van der Waals surface area contributed by atoms with Crippen LogP contribution in [0, 0.1) is 17.6 Å². The average molecular weight is 301 g/mol. The zero-order valence-corrected chi connectivity index (χ0v) is 12.1. The SMILES string of the molecule is NC(=O)C1CCCC1c1ccc(-c2ccc(F)cc2F)cc1. The fraction of sp³-hybridized carbons (Fsp3) is 0.278. The maximum Gasteiger partial charge on any atom is 0.221 e. The lowest BCUT2D eigenvalue weighted by atomic mass is 9.87. The van der Waals surface area contributed by atoms with Crippen molar-refractivity contribution in [3.8, 4) is 11.1 Å². The molecule has 0 heterocycles. The Hall–Kier alpha value is -2.23. The second kappa shape index (κ2) is 5.87. The highest BCUT2D eigenvalue weighted by Gasteiger charge is 2.32. The van der Waals surface area contributed by atoms with E-state index < -0.39 is 11.6 Å². The molecule has 3 rings (SSSR count). The lowest BCUT2D eigenvalue weighted by Crippen LogP contribution is -2.25. The van der Waals surface area contributed by atoms with Gasteiger partial charge >= 0.3 is 0 Å². The summed E-state index contributed by atoms with van der Waals surface area (Å²) < 4.78 is 26.8. The number of carbonyl (C=O) groups excluding carboxylic acids is 1. The molecule has 22 heavy (non-hydrogen) atoms. The van der Waals surface area contributed by atoms with Crippen LogP contribution in [-0.4, -0.2) is 5.91 Å². The van der Waals surface area contributed by atoms with E-state index in [1.807, 2.05) is 24.3 Å². The Labute approximate surface area is 128 Å². The number of hydrogen-bond acceptors (Lipinski definition) is 1. The first-order valence-corrected chi connectivity index (χ1v) is 7.41. The molecule has 0 bridgehead atoms. The third-order valence-electron chi connectivity index (χ3n) is 4.46. The molecular weight excluding hydrogens is 284 g/mol. The van der Waals surface area contributed by atoms with Crippen molar-refractivity contribution in [2.75, 3.05) is 0 Å². The van der Waals surface area contributed by atoms with Crippen LogP contribution in [0.5, 0.6) is 0 Å². The normalized spacial score (nSPS) is 21.0. The van der Waals surface area contributed by atoms with E-state index in [4.69, 9.17) is 5.73 Å². The van der Waals surface area contributed by atoms with Gasteiger partial charge in [0.05, 0.1) is 0 Å². The molecule has 1 saturated carbocycles. The van der Waals surface area contributed by atoms with E-state index in [2.05, 4.69) is 0 Å². The molecule has 0 spiro atoms. The van der Waals surface area contributed by atoms with Crippen LogP contribution < -0.4 is 5.73 Å². The lowest BCUT2D eigenvalue weighted by molar-refractivity contribution is -0.122. The fourth-order valence-corrected chi connectivity index (χ4v) is 3.33. The van der Waals surface area contributed by atoms with Crippen LogP contribution in [0.15, 0.2) is 42.5 Å². The quantitative estimate of drug-likeness (QED) is 0.915. The first-order chi connectivity index (χ1) is 10.6. The van der Waals surface area contributed by atoms with Crippen molar-refractivity contribution in [1.29, 1.82) is 0 Å². The number of rotatable bonds is 3. The Balaban J connectivity index is 1.88. The number of benzene rings is 2. The largest absolute Gasteiger partial charge is 0.369 e. The molecule has 4 heteroatoms. The van der Waals surface area contributed by atoms with Crippen molar-refractivity contribution in [1.82, 2.24) is 0 Å². The monoisotopic (exact) mass is 301 g/mol. The van der Waals surface area contributed by atoms with Crippen molar-refractivity contribution in [2.24, 2.45) is 11.7 Å². The zero-order valence-electron chi connectivity index (χ0n) is 12.1. The second-order valence-corrected chi connectivity index (χ2v) is 5.79. The first-order valence-electron chi connectivity index (χ1n) is 7.41. The Bertz CT molecular complexity index is 697. The summed E-state index contributed by atoms with van der Waals surface area (Å²) in [6.45, 7) is 0. The van der Waals surface area contributed by atoms with Gasteiger partial charge in [-0.15, -0.1) is 0 Å². The lowest BCUT2D eigenvalue weighted by Gasteiger charge is -2.17. The van der Waals surface area contributed by atoms with Gasteiger partial charge in [0.25, 0.3) is 0 Å². The van der Waals surface area contributed by atoms with Crippen molar-refractivity contribution in [2.45, 2.75) is 25.2 Å². The summed E-state index contributed by atoms with van der Waals surface area (Å²) in [7, 11) is 0. The van der Waals surface area contributed by atoms with Gasteiger partial charge in [0, 0.05) is 17.5 Å². The molecule has 1 aliphatic rings. The molecule has 0 saturated heterocycles. The van der Waals surface area contributed by atoms with Gasteiger partial charge in [0.15, 0.2) is 0 Å². The Morgan fingerprint density at radius 2 is 1.77 bits per heavy atom. The average Bonchev–Trinajstić information content (AvgIpc) is 2.97. The molecule has 2 unspecified atom stereocenters. The predicted octanol–water partition coefficient (Wildman–Crippen LogP) is 4.00. The van der Waals surface area contributed by atoms with Gasteiger partial charge in [-0.2, -0.15) is 0 Å². The van der Waals surface area contributed by atoms with Crippen LogP contribution in [0.25, 0.3) is 11.1 Å². The molecule has 0 aromatic heterocycles. The summed E-state index contributed by atoms with van der Waals surface area (Å²) in [6.07, 6.45) is 2.76. The summed E-state index contributed by atoms with van der Waals surface area (Å²) in [5, 5.41) is 0. The van der Waals surface area contributed by atoms with E-state index in [9.17, 15) is 13.6 Å². The molecule has 0 radical (unpaired) electrons. The third kappa shape index (κ3) is 2.73. The van der Waals surface area contributed by atoms with Crippen molar-refractivity contribution < 1.29 is 13.6 Å². The van der Waals surface area contributed by atoms with E-state index in [0.717, 1.165) is 30.9 Å². The molecule has 2 atom stereocenters. The van der Waals surface area contributed by atoms with Gasteiger partial charge in [-0.1, -0.05) is 30.7 Å². The summed E-state index contributed by atoms with van der Waals surface area (Å²) in [4.78, 5) is 11.5. The molecule has 0 aliphatic heterocycles. The molecule has 1 aliphatic carbocycles. The third-order valence-corrected chi connectivity index (χ3v) is 4.46. The predicted molar refractivity (Wildman–Crippen MR) is 81.1 cm³/mol. The summed E-state index contributed by atoms with van der Waals surface area (Å²) in [5.74, 6) is -1.40. The minimum Gasteiger partial charge on any atom is -0.369 e. The molecular formula is C18H17F2NO. The number of hydrogen-bond donors (Lipinski definition) is 1.